The van der Waals surface area contributed by atoms with Crippen molar-refractivity contribution in [3.63, 3.8) is 0 Å². The number of carbonyl (C=O) groups excluding carboxylic acids is 1. The Morgan fingerprint density at radius 3 is 2.80 bits per heavy atom. The SMILES string of the molecule is CCc1nc(N2CC(O)CC2=O)nn1C. The molecule has 6 heteroatoms. The van der Waals surface area contributed by atoms with Gasteiger partial charge in [0, 0.05) is 13.5 Å². The van der Waals surface area contributed by atoms with Crippen LogP contribution < -0.4 is 4.90 Å². The lowest BCUT2D eigenvalue weighted by Gasteiger charge is -2.09. The van der Waals surface area contributed by atoms with Crippen molar-refractivity contribution in [2.75, 3.05) is 11.4 Å². The standard InChI is InChI=1S/C9H14N4O2/c1-3-7-10-9(11-12(7)2)13-5-6(14)4-8(13)15/h6,14H,3-5H2,1-2H3. The van der Waals surface area contributed by atoms with Crippen molar-refractivity contribution in [1.82, 2.24) is 14.8 Å². The summed E-state index contributed by atoms with van der Waals surface area (Å²) in [6.07, 6.45) is 0.347. The molecule has 1 saturated heterocycles. The lowest BCUT2D eigenvalue weighted by atomic mass is 10.3. The summed E-state index contributed by atoms with van der Waals surface area (Å²) in [6, 6.07) is 0. The van der Waals surface area contributed by atoms with E-state index >= 15 is 0 Å². The molecular weight excluding hydrogens is 196 g/mol. The molecule has 0 spiro atoms. The molecule has 2 heterocycles. The first-order valence-electron chi connectivity index (χ1n) is 5.00. The van der Waals surface area contributed by atoms with Crippen molar-refractivity contribution < 1.29 is 9.90 Å². The second kappa shape index (κ2) is 3.62. The van der Waals surface area contributed by atoms with Gasteiger partial charge in [0.15, 0.2) is 0 Å². The normalized spacial score (nSPS) is 21.4. The minimum Gasteiger partial charge on any atom is -0.391 e. The van der Waals surface area contributed by atoms with Crippen LogP contribution in [0.25, 0.3) is 0 Å². The molecule has 0 aliphatic carbocycles. The van der Waals surface area contributed by atoms with E-state index in [4.69, 9.17) is 0 Å². The zero-order valence-corrected chi connectivity index (χ0v) is 8.84. The third-order valence-corrected chi connectivity index (χ3v) is 2.50. The van der Waals surface area contributed by atoms with Gasteiger partial charge in [-0.05, 0) is 0 Å². The van der Waals surface area contributed by atoms with Gasteiger partial charge in [-0.2, -0.15) is 4.98 Å². The molecule has 1 fully saturated rings. The van der Waals surface area contributed by atoms with Crippen molar-refractivity contribution >= 4 is 11.9 Å². The van der Waals surface area contributed by atoms with Gasteiger partial charge in [0.25, 0.3) is 5.95 Å². The van der Waals surface area contributed by atoms with Crippen LogP contribution in [0.1, 0.15) is 19.2 Å². The lowest BCUT2D eigenvalue weighted by Crippen LogP contribution is -2.26. The summed E-state index contributed by atoms with van der Waals surface area (Å²) >= 11 is 0. The van der Waals surface area contributed by atoms with Crippen molar-refractivity contribution in [1.29, 1.82) is 0 Å². The van der Waals surface area contributed by atoms with Gasteiger partial charge < -0.3 is 5.11 Å². The molecule has 2 rings (SSSR count). The number of anilines is 1. The van der Waals surface area contributed by atoms with Crippen LogP contribution in [0.2, 0.25) is 0 Å². The van der Waals surface area contributed by atoms with E-state index in [1.54, 1.807) is 11.7 Å². The monoisotopic (exact) mass is 210 g/mol. The summed E-state index contributed by atoms with van der Waals surface area (Å²) in [5.74, 6) is 1.12. The van der Waals surface area contributed by atoms with Gasteiger partial charge in [-0.25, -0.2) is 0 Å². The zero-order chi connectivity index (χ0) is 11.0. The van der Waals surface area contributed by atoms with Crippen molar-refractivity contribution in [2.24, 2.45) is 7.05 Å². The van der Waals surface area contributed by atoms with E-state index in [0.717, 1.165) is 12.2 Å². The minimum atomic E-state index is -0.591. The maximum atomic E-state index is 11.5. The first-order valence-corrected chi connectivity index (χ1v) is 5.00. The van der Waals surface area contributed by atoms with Crippen LogP contribution in [0.3, 0.4) is 0 Å². The molecule has 1 atom stereocenters. The maximum absolute atomic E-state index is 11.5. The van der Waals surface area contributed by atoms with Crippen LogP contribution in [-0.2, 0) is 18.3 Å². The molecule has 15 heavy (non-hydrogen) atoms. The Morgan fingerprint density at radius 2 is 2.33 bits per heavy atom. The largest absolute Gasteiger partial charge is 0.391 e. The quantitative estimate of drug-likeness (QED) is 0.712. The van der Waals surface area contributed by atoms with Crippen molar-refractivity contribution in [3.8, 4) is 0 Å². The second-order valence-corrected chi connectivity index (χ2v) is 3.67. The number of rotatable bonds is 2. The molecule has 82 valence electrons. The van der Waals surface area contributed by atoms with Crippen LogP contribution in [-0.4, -0.2) is 38.4 Å². The zero-order valence-electron chi connectivity index (χ0n) is 8.84. The number of aliphatic hydroxyl groups is 1. The number of aromatic nitrogens is 3. The van der Waals surface area contributed by atoms with Gasteiger partial charge in [0.1, 0.15) is 5.82 Å². The van der Waals surface area contributed by atoms with E-state index in [0.29, 0.717) is 12.5 Å². The number of β-amino-alcohol motifs (C(OH)–C–C–N with tert-alkyl or cyclic N) is 1. The molecule has 1 aliphatic heterocycles. The Labute approximate surface area is 87.5 Å². The van der Waals surface area contributed by atoms with Crippen LogP contribution in [0.4, 0.5) is 5.95 Å². The van der Waals surface area contributed by atoms with Crippen molar-refractivity contribution in [3.05, 3.63) is 5.82 Å². The molecule has 1 N–H and O–H groups in total. The third-order valence-electron chi connectivity index (χ3n) is 2.50. The summed E-state index contributed by atoms with van der Waals surface area (Å²) in [4.78, 5) is 17.1. The summed E-state index contributed by atoms with van der Waals surface area (Å²) in [7, 11) is 1.80. The van der Waals surface area contributed by atoms with Crippen LogP contribution in [0.15, 0.2) is 0 Å². The predicted octanol–water partition coefficient (Wildman–Crippen LogP) is -0.525. The van der Waals surface area contributed by atoms with Gasteiger partial charge in [-0.1, -0.05) is 6.92 Å². The Hall–Kier alpha value is -1.43. The van der Waals surface area contributed by atoms with Gasteiger partial charge in [-0.3, -0.25) is 14.4 Å². The smallest absolute Gasteiger partial charge is 0.251 e. The highest BCUT2D eigenvalue weighted by Crippen LogP contribution is 2.17. The fourth-order valence-electron chi connectivity index (χ4n) is 1.71. The molecule has 0 saturated carbocycles. The molecule has 1 unspecified atom stereocenters. The van der Waals surface area contributed by atoms with Crippen LogP contribution >= 0.6 is 0 Å². The second-order valence-electron chi connectivity index (χ2n) is 3.67. The molecule has 1 aliphatic rings. The molecule has 0 bridgehead atoms. The lowest BCUT2D eigenvalue weighted by molar-refractivity contribution is -0.117. The number of hydrogen-bond acceptors (Lipinski definition) is 4. The predicted molar refractivity (Wildman–Crippen MR) is 53.4 cm³/mol. The summed E-state index contributed by atoms with van der Waals surface area (Å²) in [5.41, 5.74) is 0. The molecular formula is C9H14N4O2. The van der Waals surface area contributed by atoms with Gasteiger partial charge in [0.2, 0.25) is 5.91 Å². The van der Waals surface area contributed by atoms with Crippen LogP contribution in [0, 0.1) is 0 Å². The van der Waals surface area contributed by atoms with Gasteiger partial charge in [-0.15, -0.1) is 5.10 Å². The number of hydrogen-bond donors (Lipinski definition) is 1. The highest BCUT2D eigenvalue weighted by molar-refractivity contribution is 5.94. The van der Waals surface area contributed by atoms with E-state index in [-0.39, 0.29) is 12.3 Å². The Bertz CT molecular complexity index is 387. The van der Waals surface area contributed by atoms with Crippen molar-refractivity contribution in [2.45, 2.75) is 25.9 Å². The summed E-state index contributed by atoms with van der Waals surface area (Å²) < 4.78 is 1.66. The molecule has 1 amide bonds. The first kappa shape index (κ1) is 10.1. The van der Waals surface area contributed by atoms with Crippen LogP contribution in [0.5, 0.6) is 0 Å². The minimum absolute atomic E-state index is 0.115. The van der Waals surface area contributed by atoms with E-state index in [1.165, 1.54) is 4.90 Å². The molecule has 1 aromatic rings. The highest BCUT2D eigenvalue weighted by atomic mass is 16.3. The molecule has 1 aromatic heterocycles. The average molecular weight is 210 g/mol. The van der Waals surface area contributed by atoms with E-state index in [2.05, 4.69) is 10.1 Å². The Morgan fingerprint density at radius 1 is 1.60 bits per heavy atom. The third kappa shape index (κ3) is 1.72. The Kier molecular flexibility index (Phi) is 2.44. The Balaban J connectivity index is 2.26. The molecule has 6 nitrogen and oxygen atoms in total. The van der Waals surface area contributed by atoms with E-state index < -0.39 is 6.10 Å². The number of aryl methyl sites for hydroxylation is 2. The fraction of sp³-hybridized carbons (Fsp3) is 0.667. The highest BCUT2D eigenvalue weighted by Gasteiger charge is 2.31. The fourth-order valence-corrected chi connectivity index (χ4v) is 1.71. The topological polar surface area (TPSA) is 71.2 Å². The average Bonchev–Trinajstić information content (AvgIpc) is 2.69. The van der Waals surface area contributed by atoms with E-state index in [9.17, 15) is 9.90 Å². The molecule has 0 aromatic carbocycles. The van der Waals surface area contributed by atoms with Gasteiger partial charge >= 0.3 is 0 Å². The number of carbonyl (C=O) groups is 1. The van der Waals surface area contributed by atoms with E-state index in [1.807, 2.05) is 6.92 Å². The summed E-state index contributed by atoms with van der Waals surface area (Å²) in [5, 5.41) is 13.5. The first-order chi connectivity index (χ1) is 7.11. The summed E-state index contributed by atoms with van der Waals surface area (Å²) in [6.45, 7) is 2.28. The maximum Gasteiger partial charge on any atom is 0.251 e. The van der Waals surface area contributed by atoms with Gasteiger partial charge in [0.05, 0.1) is 19.1 Å². The number of aliphatic hydroxyl groups excluding tert-OH is 1. The molecule has 0 radical (unpaired) electrons. The number of amides is 1. The number of nitrogens with zero attached hydrogens (tertiary/aromatic N) is 4.